The average Bonchev–Trinajstić information content (AvgIpc) is 3.26. The Hall–Kier alpha value is -3.48. The van der Waals surface area contributed by atoms with Crippen molar-refractivity contribution in [3.8, 4) is 5.69 Å². The van der Waals surface area contributed by atoms with Crippen molar-refractivity contribution in [1.82, 2.24) is 20.2 Å². The van der Waals surface area contributed by atoms with E-state index in [1.807, 2.05) is 57.2 Å². The first-order valence-electron chi connectivity index (χ1n) is 8.18. The zero-order valence-electron chi connectivity index (χ0n) is 14.6. The van der Waals surface area contributed by atoms with Crippen LogP contribution >= 0.6 is 0 Å². The Balaban J connectivity index is 1.68. The molecule has 0 spiro atoms. The number of aryl methyl sites for hydroxylation is 3. The van der Waals surface area contributed by atoms with E-state index in [0.717, 1.165) is 27.8 Å². The van der Waals surface area contributed by atoms with Gasteiger partial charge in [0.15, 0.2) is 5.76 Å². The van der Waals surface area contributed by atoms with Crippen molar-refractivity contribution in [2.75, 3.05) is 5.32 Å². The van der Waals surface area contributed by atoms with Crippen LogP contribution in [0.15, 0.2) is 47.1 Å². The fourth-order valence-corrected chi connectivity index (χ4v) is 2.90. The Morgan fingerprint density at radius 1 is 1.12 bits per heavy atom. The van der Waals surface area contributed by atoms with Crippen LogP contribution in [0.3, 0.4) is 0 Å². The summed E-state index contributed by atoms with van der Waals surface area (Å²) in [5.74, 6) is 0.0335. The SMILES string of the molecule is Cc1ccc2oc(C(=O)Nc3cc(-n4cnnn4)ccc3C)c(C)c2c1. The molecule has 0 aliphatic heterocycles. The molecule has 7 nitrogen and oxygen atoms in total. The number of anilines is 1. The highest BCUT2D eigenvalue weighted by Gasteiger charge is 2.18. The van der Waals surface area contributed by atoms with Gasteiger partial charge in [0.1, 0.15) is 11.9 Å². The van der Waals surface area contributed by atoms with E-state index in [0.29, 0.717) is 17.0 Å². The van der Waals surface area contributed by atoms with Crippen molar-refractivity contribution >= 4 is 22.6 Å². The molecule has 0 aliphatic rings. The summed E-state index contributed by atoms with van der Waals surface area (Å²) in [6, 6.07) is 11.5. The van der Waals surface area contributed by atoms with Gasteiger partial charge in [-0.05, 0) is 61.0 Å². The summed E-state index contributed by atoms with van der Waals surface area (Å²) < 4.78 is 7.31. The summed E-state index contributed by atoms with van der Waals surface area (Å²) in [6.45, 7) is 5.83. The minimum absolute atomic E-state index is 0.284. The van der Waals surface area contributed by atoms with E-state index in [9.17, 15) is 4.79 Å². The molecule has 0 fully saturated rings. The van der Waals surface area contributed by atoms with Crippen LogP contribution in [0.4, 0.5) is 5.69 Å². The summed E-state index contributed by atoms with van der Waals surface area (Å²) in [5.41, 5.74) is 5.03. The maximum atomic E-state index is 12.8. The second kappa shape index (κ2) is 6.11. The van der Waals surface area contributed by atoms with Crippen molar-refractivity contribution in [3.05, 3.63) is 65.2 Å². The molecule has 1 N–H and O–H groups in total. The average molecular weight is 347 g/mol. The topological polar surface area (TPSA) is 85.8 Å². The Morgan fingerprint density at radius 3 is 2.73 bits per heavy atom. The number of amides is 1. The maximum Gasteiger partial charge on any atom is 0.291 e. The molecular weight excluding hydrogens is 330 g/mol. The molecule has 0 unspecified atom stereocenters. The first-order chi connectivity index (χ1) is 12.5. The van der Waals surface area contributed by atoms with Crippen LogP contribution in [0.25, 0.3) is 16.7 Å². The minimum Gasteiger partial charge on any atom is -0.451 e. The van der Waals surface area contributed by atoms with Crippen molar-refractivity contribution in [3.63, 3.8) is 0 Å². The van der Waals surface area contributed by atoms with Crippen molar-refractivity contribution in [2.24, 2.45) is 0 Å². The number of carbonyl (C=O) groups excluding carboxylic acids is 1. The van der Waals surface area contributed by atoms with Crippen LogP contribution < -0.4 is 5.32 Å². The second-order valence-electron chi connectivity index (χ2n) is 6.26. The third-order valence-corrected chi connectivity index (χ3v) is 4.38. The lowest BCUT2D eigenvalue weighted by molar-refractivity contribution is 0.0998. The van der Waals surface area contributed by atoms with E-state index in [4.69, 9.17) is 4.42 Å². The number of hydrogen-bond donors (Lipinski definition) is 1. The lowest BCUT2D eigenvalue weighted by atomic mass is 10.1. The van der Waals surface area contributed by atoms with E-state index >= 15 is 0 Å². The van der Waals surface area contributed by atoms with E-state index < -0.39 is 0 Å². The Morgan fingerprint density at radius 2 is 1.96 bits per heavy atom. The number of nitrogens with one attached hydrogen (secondary N) is 1. The number of fused-ring (bicyclic) bond motifs is 1. The third kappa shape index (κ3) is 2.73. The quantitative estimate of drug-likeness (QED) is 0.612. The molecule has 2 aromatic carbocycles. The predicted octanol–water partition coefficient (Wildman–Crippen LogP) is 3.59. The number of carbonyl (C=O) groups is 1. The molecule has 0 aliphatic carbocycles. The maximum absolute atomic E-state index is 12.8. The molecule has 0 atom stereocenters. The number of rotatable bonds is 3. The summed E-state index contributed by atoms with van der Waals surface area (Å²) in [5, 5.41) is 15.0. The van der Waals surface area contributed by atoms with Crippen LogP contribution in [-0.4, -0.2) is 26.1 Å². The first kappa shape index (κ1) is 16.0. The van der Waals surface area contributed by atoms with Crippen LogP contribution in [0.1, 0.15) is 27.2 Å². The van der Waals surface area contributed by atoms with Gasteiger partial charge >= 0.3 is 0 Å². The molecule has 0 saturated heterocycles. The van der Waals surface area contributed by atoms with E-state index in [-0.39, 0.29) is 5.91 Å². The van der Waals surface area contributed by atoms with Gasteiger partial charge in [0, 0.05) is 16.6 Å². The molecule has 2 heterocycles. The van der Waals surface area contributed by atoms with Gasteiger partial charge in [0.05, 0.1) is 5.69 Å². The van der Waals surface area contributed by atoms with Gasteiger partial charge in [-0.1, -0.05) is 17.7 Å². The first-order valence-corrected chi connectivity index (χ1v) is 8.18. The summed E-state index contributed by atoms with van der Waals surface area (Å²) in [6.07, 6.45) is 1.50. The van der Waals surface area contributed by atoms with Gasteiger partial charge in [0.2, 0.25) is 0 Å². The molecule has 4 rings (SSSR count). The lowest BCUT2D eigenvalue weighted by Gasteiger charge is -2.09. The van der Waals surface area contributed by atoms with Crippen molar-refractivity contribution < 1.29 is 9.21 Å². The molecule has 26 heavy (non-hydrogen) atoms. The number of tetrazole rings is 1. The van der Waals surface area contributed by atoms with Gasteiger partial charge in [-0.3, -0.25) is 4.79 Å². The largest absolute Gasteiger partial charge is 0.451 e. The second-order valence-corrected chi connectivity index (χ2v) is 6.26. The zero-order valence-corrected chi connectivity index (χ0v) is 14.6. The molecule has 130 valence electrons. The van der Waals surface area contributed by atoms with E-state index in [2.05, 4.69) is 20.8 Å². The Labute approximate surface area is 149 Å². The number of hydrogen-bond acceptors (Lipinski definition) is 5. The number of nitrogens with zero attached hydrogens (tertiary/aromatic N) is 4. The number of benzene rings is 2. The normalized spacial score (nSPS) is 11.0. The van der Waals surface area contributed by atoms with Gasteiger partial charge in [-0.15, -0.1) is 5.10 Å². The van der Waals surface area contributed by atoms with E-state index in [1.165, 1.54) is 11.0 Å². The van der Waals surface area contributed by atoms with Crippen molar-refractivity contribution in [2.45, 2.75) is 20.8 Å². The molecule has 0 radical (unpaired) electrons. The number of furan rings is 1. The highest BCUT2D eigenvalue weighted by Crippen LogP contribution is 2.27. The van der Waals surface area contributed by atoms with Crippen LogP contribution in [0, 0.1) is 20.8 Å². The van der Waals surface area contributed by atoms with Gasteiger partial charge < -0.3 is 9.73 Å². The number of aromatic nitrogens is 4. The fourth-order valence-electron chi connectivity index (χ4n) is 2.90. The summed E-state index contributed by atoms with van der Waals surface area (Å²) in [7, 11) is 0. The lowest BCUT2D eigenvalue weighted by Crippen LogP contribution is -2.13. The van der Waals surface area contributed by atoms with Crippen molar-refractivity contribution in [1.29, 1.82) is 0 Å². The van der Waals surface area contributed by atoms with Gasteiger partial charge in [0.25, 0.3) is 5.91 Å². The Bertz CT molecular complexity index is 1110. The zero-order chi connectivity index (χ0) is 18.3. The predicted molar refractivity (Wildman–Crippen MR) is 97.5 cm³/mol. The van der Waals surface area contributed by atoms with Crippen LogP contribution in [-0.2, 0) is 0 Å². The molecule has 1 amide bonds. The van der Waals surface area contributed by atoms with Gasteiger partial charge in [-0.2, -0.15) is 0 Å². The summed E-state index contributed by atoms with van der Waals surface area (Å²) in [4.78, 5) is 12.8. The molecule has 2 aromatic heterocycles. The monoisotopic (exact) mass is 347 g/mol. The van der Waals surface area contributed by atoms with Crippen LogP contribution in [0.2, 0.25) is 0 Å². The third-order valence-electron chi connectivity index (χ3n) is 4.38. The highest BCUT2D eigenvalue weighted by atomic mass is 16.3. The standard InChI is InChI=1S/C19H17N5O2/c1-11-4-7-17-15(8-11)13(3)18(26-17)19(25)21-16-9-14(6-5-12(16)2)24-10-20-22-23-24/h4-10H,1-3H3,(H,21,25). The molecular formula is C19H17N5O2. The molecule has 0 saturated carbocycles. The smallest absolute Gasteiger partial charge is 0.291 e. The molecule has 7 heteroatoms. The molecule has 0 bridgehead atoms. The summed E-state index contributed by atoms with van der Waals surface area (Å²) >= 11 is 0. The minimum atomic E-state index is -0.284. The Kier molecular flexibility index (Phi) is 3.76. The fraction of sp³-hybridized carbons (Fsp3) is 0.158. The van der Waals surface area contributed by atoms with Gasteiger partial charge in [-0.25, -0.2) is 4.68 Å². The van der Waals surface area contributed by atoms with E-state index in [1.54, 1.807) is 0 Å². The van der Waals surface area contributed by atoms with Crippen LogP contribution in [0.5, 0.6) is 0 Å². The molecule has 4 aromatic rings. The highest BCUT2D eigenvalue weighted by molar-refractivity contribution is 6.06.